The molecule has 1 heterocycles. The number of aryl methyl sites for hydroxylation is 1. The number of hydrogen-bond acceptors (Lipinski definition) is 2. The molecule has 0 atom stereocenters. The van der Waals surface area contributed by atoms with Crippen LogP contribution < -0.4 is 11.1 Å². The third-order valence-corrected chi connectivity index (χ3v) is 2.33. The van der Waals surface area contributed by atoms with Gasteiger partial charge in [0, 0.05) is 19.8 Å². The Hall–Kier alpha value is -0.710. The molecule has 0 radical (unpaired) electrons. The van der Waals surface area contributed by atoms with Crippen LogP contribution in [-0.2, 0) is 7.05 Å². The fourth-order valence-electron chi connectivity index (χ4n) is 1.31. The zero-order valence-electron chi connectivity index (χ0n) is 9.20. The van der Waals surface area contributed by atoms with Crippen LogP contribution in [-0.4, -0.2) is 23.6 Å². The highest BCUT2D eigenvalue weighted by Crippen LogP contribution is 2.12. The summed E-state index contributed by atoms with van der Waals surface area (Å²) in [5, 5.41) is 3.39. The van der Waals surface area contributed by atoms with Gasteiger partial charge in [0.25, 0.3) is 5.91 Å². The zero-order valence-corrected chi connectivity index (χ0v) is 10.8. The SMILES string of the molecule is Cl.Cn1cc(Cl)cc1C(=O)NCCCCN. The summed E-state index contributed by atoms with van der Waals surface area (Å²) >= 11 is 5.78. The lowest BCUT2D eigenvalue weighted by Crippen LogP contribution is -2.26. The maximum Gasteiger partial charge on any atom is 0.267 e. The average Bonchev–Trinajstić information content (AvgIpc) is 2.52. The third-order valence-electron chi connectivity index (χ3n) is 2.12. The highest BCUT2D eigenvalue weighted by molar-refractivity contribution is 6.31. The van der Waals surface area contributed by atoms with Crippen LogP contribution in [0.15, 0.2) is 12.3 Å². The summed E-state index contributed by atoms with van der Waals surface area (Å²) in [6.07, 6.45) is 3.53. The lowest BCUT2D eigenvalue weighted by atomic mass is 10.3. The number of aromatic nitrogens is 1. The summed E-state index contributed by atoms with van der Waals surface area (Å²) in [5.74, 6) is -0.0959. The molecule has 0 unspecified atom stereocenters. The zero-order chi connectivity index (χ0) is 11.3. The van der Waals surface area contributed by atoms with Crippen LogP contribution in [0.25, 0.3) is 0 Å². The summed E-state index contributed by atoms with van der Waals surface area (Å²) in [4.78, 5) is 11.6. The third kappa shape index (κ3) is 4.43. The molecule has 0 aliphatic rings. The summed E-state index contributed by atoms with van der Waals surface area (Å²) in [6.45, 7) is 1.31. The van der Waals surface area contributed by atoms with Gasteiger partial charge in [0.1, 0.15) is 5.69 Å². The van der Waals surface area contributed by atoms with Crippen LogP contribution in [0.2, 0.25) is 5.02 Å². The Morgan fingerprint density at radius 3 is 2.75 bits per heavy atom. The van der Waals surface area contributed by atoms with Crippen molar-refractivity contribution < 1.29 is 4.79 Å². The number of halogens is 2. The second kappa shape index (κ2) is 7.54. The van der Waals surface area contributed by atoms with Crippen LogP contribution in [0.3, 0.4) is 0 Å². The van der Waals surface area contributed by atoms with Gasteiger partial charge in [-0.3, -0.25) is 4.79 Å². The van der Waals surface area contributed by atoms with E-state index in [2.05, 4.69) is 5.32 Å². The summed E-state index contributed by atoms with van der Waals surface area (Å²) in [5.41, 5.74) is 5.93. The van der Waals surface area contributed by atoms with Crippen LogP contribution in [0.5, 0.6) is 0 Å². The van der Waals surface area contributed by atoms with E-state index in [9.17, 15) is 4.79 Å². The first-order valence-corrected chi connectivity index (χ1v) is 5.33. The van der Waals surface area contributed by atoms with Crippen LogP contribution >= 0.6 is 24.0 Å². The molecule has 92 valence electrons. The summed E-state index contributed by atoms with van der Waals surface area (Å²) < 4.78 is 1.71. The average molecular weight is 266 g/mol. The number of carbonyl (C=O) groups is 1. The van der Waals surface area contributed by atoms with Gasteiger partial charge >= 0.3 is 0 Å². The number of hydrogen-bond donors (Lipinski definition) is 2. The Kier molecular flexibility index (Phi) is 7.21. The van der Waals surface area contributed by atoms with Gasteiger partial charge in [-0.05, 0) is 25.5 Å². The molecule has 1 aromatic rings. The molecule has 0 saturated heterocycles. The van der Waals surface area contributed by atoms with Crippen molar-refractivity contribution in [3.8, 4) is 0 Å². The molecule has 6 heteroatoms. The molecule has 1 rings (SSSR count). The van der Waals surface area contributed by atoms with Crippen molar-refractivity contribution in [2.24, 2.45) is 12.8 Å². The van der Waals surface area contributed by atoms with Crippen molar-refractivity contribution in [2.45, 2.75) is 12.8 Å². The van der Waals surface area contributed by atoms with Gasteiger partial charge in [-0.2, -0.15) is 0 Å². The van der Waals surface area contributed by atoms with E-state index in [0.717, 1.165) is 12.8 Å². The lowest BCUT2D eigenvalue weighted by molar-refractivity contribution is 0.0945. The molecule has 0 spiro atoms. The molecular formula is C10H17Cl2N3O. The molecule has 0 fully saturated rings. The Morgan fingerprint density at radius 1 is 1.56 bits per heavy atom. The molecule has 0 saturated carbocycles. The monoisotopic (exact) mass is 265 g/mol. The fraction of sp³-hybridized carbons (Fsp3) is 0.500. The topological polar surface area (TPSA) is 60.0 Å². The molecule has 0 aliphatic carbocycles. The molecule has 3 N–H and O–H groups in total. The standard InChI is InChI=1S/C10H16ClN3O.ClH/c1-14-7-8(11)6-9(14)10(15)13-5-3-2-4-12;/h6-7H,2-5,12H2,1H3,(H,13,15);1H. The molecule has 1 aromatic heterocycles. The van der Waals surface area contributed by atoms with E-state index in [4.69, 9.17) is 17.3 Å². The molecule has 0 aliphatic heterocycles. The first kappa shape index (κ1) is 15.3. The Morgan fingerprint density at radius 2 is 2.25 bits per heavy atom. The quantitative estimate of drug-likeness (QED) is 0.795. The maximum absolute atomic E-state index is 11.6. The van der Waals surface area contributed by atoms with Crippen molar-refractivity contribution in [3.63, 3.8) is 0 Å². The normalized spacial score (nSPS) is 9.69. The summed E-state index contributed by atoms with van der Waals surface area (Å²) in [6, 6.07) is 1.65. The van der Waals surface area contributed by atoms with Crippen molar-refractivity contribution in [3.05, 3.63) is 23.0 Å². The molecule has 16 heavy (non-hydrogen) atoms. The van der Waals surface area contributed by atoms with E-state index < -0.39 is 0 Å². The maximum atomic E-state index is 11.6. The van der Waals surface area contributed by atoms with Gasteiger partial charge in [0.2, 0.25) is 0 Å². The highest BCUT2D eigenvalue weighted by atomic mass is 35.5. The fourth-order valence-corrected chi connectivity index (χ4v) is 1.56. The number of rotatable bonds is 5. The molecule has 1 amide bonds. The number of nitrogens with zero attached hydrogens (tertiary/aromatic N) is 1. The van der Waals surface area contributed by atoms with Crippen molar-refractivity contribution in [2.75, 3.05) is 13.1 Å². The largest absolute Gasteiger partial charge is 0.351 e. The van der Waals surface area contributed by atoms with E-state index in [1.165, 1.54) is 0 Å². The Balaban J connectivity index is 0.00000225. The molecule has 4 nitrogen and oxygen atoms in total. The number of carbonyl (C=O) groups excluding carboxylic acids is 1. The minimum Gasteiger partial charge on any atom is -0.351 e. The molecule has 0 aromatic carbocycles. The second-order valence-corrected chi connectivity index (χ2v) is 3.84. The predicted molar refractivity (Wildman–Crippen MR) is 68.3 cm³/mol. The first-order valence-electron chi connectivity index (χ1n) is 4.95. The Labute approximate surface area is 107 Å². The van der Waals surface area contributed by atoms with E-state index in [-0.39, 0.29) is 18.3 Å². The van der Waals surface area contributed by atoms with Gasteiger partial charge in [0.05, 0.1) is 5.02 Å². The molecular weight excluding hydrogens is 249 g/mol. The smallest absolute Gasteiger partial charge is 0.267 e. The van der Waals surface area contributed by atoms with Gasteiger partial charge in [-0.15, -0.1) is 12.4 Å². The van der Waals surface area contributed by atoms with Crippen LogP contribution in [0, 0.1) is 0 Å². The van der Waals surface area contributed by atoms with Gasteiger partial charge < -0.3 is 15.6 Å². The minimum absolute atomic E-state index is 0. The number of nitrogens with two attached hydrogens (primary N) is 1. The minimum atomic E-state index is -0.0959. The van der Waals surface area contributed by atoms with E-state index in [0.29, 0.717) is 23.8 Å². The number of unbranched alkanes of at least 4 members (excludes halogenated alkanes) is 1. The number of amides is 1. The molecule has 0 bridgehead atoms. The van der Waals surface area contributed by atoms with Crippen molar-refractivity contribution >= 4 is 29.9 Å². The van der Waals surface area contributed by atoms with Crippen LogP contribution in [0.4, 0.5) is 0 Å². The summed E-state index contributed by atoms with van der Waals surface area (Å²) in [7, 11) is 1.79. The van der Waals surface area contributed by atoms with Gasteiger partial charge in [-0.25, -0.2) is 0 Å². The van der Waals surface area contributed by atoms with E-state index >= 15 is 0 Å². The first-order chi connectivity index (χ1) is 7.15. The van der Waals surface area contributed by atoms with E-state index in [1.54, 1.807) is 23.9 Å². The Bertz CT molecular complexity index is 339. The van der Waals surface area contributed by atoms with Crippen LogP contribution in [0.1, 0.15) is 23.3 Å². The van der Waals surface area contributed by atoms with Crippen molar-refractivity contribution in [1.29, 1.82) is 0 Å². The van der Waals surface area contributed by atoms with Crippen molar-refractivity contribution in [1.82, 2.24) is 9.88 Å². The number of nitrogens with one attached hydrogen (secondary N) is 1. The predicted octanol–water partition coefficient (Wildman–Crippen LogP) is 1.57. The second-order valence-electron chi connectivity index (χ2n) is 3.41. The lowest BCUT2D eigenvalue weighted by Gasteiger charge is -2.04. The van der Waals surface area contributed by atoms with Gasteiger partial charge in [0.15, 0.2) is 0 Å². The highest BCUT2D eigenvalue weighted by Gasteiger charge is 2.09. The van der Waals surface area contributed by atoms with Gasteiger partial charge in [-0.1, -0.05) is 11.6 Å². The van der Waals surface area contributed by atoms with E-state index in [1.807, 2.05) is 0 Å².